The van der Waals surface area contributed by atoms with Crippen molar-refractivity contribution in [2.75, 3.05) is 6.54 Å². The van der Waals surface area contributed by atoms with Crippen LogP contribution in [-0.2, 0) is 0 Å². The molecule has 0 radical (unpaired) electrons. The molecule has 1 aromatic rings. The van der Waals surface area contributed by atoms with E-state index in [1.54, 1.807) is 6.92 Å². The maximum absolute atomic E-state index is 11.6. The highest BCUT2D eigenvalue weighted by Gasteiger charge is 2.09. The van der Waals surface area contributed by atoms with E-state index in [4.69, 9.17) is 5.11 Å². The molecule has 0 saturated heterocycles. The lowest BCUT2D eigenvalue weighted by molar-refractivity contribution is 0.0949. The number of hydrogen-bond donors (Lipinski definition) is 2. The second-order valence-corrected chi connectivity index (χ2v) is 5.00. The molecule has 4 heteroatoms. The van der Waals surface area contributed by atoms with Crippen LogP contribution in [0, 0.1) is 13.8 Å². The van der Waals surface area contributed by atoms with Crippen molar-refractivity contribution in [2.24, 2.45) is 0 Å². The van der Waals surface area contributed by atoms with Crippen molar-refractivity contribution < 1.29 is 9.90 Å². The van der Waals surface area contributed by atoms with Gasteiger partial charge in [-0.2, -0.15) is 0 Å². The molecule has 0 aliphatic carbocycles. The van der Waals surface area contributed by atoms with E-state index in [0.717, 1.165) is 10.4 Å². The van der Waals surface area contributed by atoms with E-state index in [9.17, 15) is 4.79 Å². The predicted octanol–water partition coefficient (Wildman–Crippen LogP) is 1.87. The van der Waals surface area contributed by atoms with E-state index in [-0.39, 0.29) is 12.0 Å². The molecule has 0 aliphatic heterocycles. The number of aliphatic hydroxyl groups is 1. The Balaban J connectivity index is 2.47. The molecule has 3 nitrogen and oxygen atoms in total. The van der Waals surface area contributed by atoms with Gasteiger partial charge in [-0.3, -0.25) is 4.79 Å². The molecule has 1 rings (SSSR count). The van der Waals surface area contributed by atoms with E-state index in [0.29, 0.717) is 13.0 Å². The molecule has 1 amide bonds. The summed E-state index contributed by atoms with van der Waals surface area (Å²) in [5.74, 6) is -0.0446. The highest BCUT2D eigenvalue weighted by Crippen LogP contribution is 2.20. The van der Waals surface area contributed by atoms with Crippen molar-refractivity contribution in [1.82, 2.24) is 5.32 Å². The number of carbonyl (C=O) groups excluding carboxylic acids is 1. The zero-order chi connectivity index (χ0) is 11.4. The van der Waals surface area contributed by atoms with Gasteiger partial charge in [0.05, 0.1) is 11.0 Å². The summed E-state index contributed by atoms with van der Waals surface area (Å²) in [6.07, 6.45) is 0.229. The van der Waals surface area contributed by atoms with E-state index < -0.39 is 0 Å². The first-order valence-corrected chi connectivity index (χ1v) is 5.85. The molecule has 84 valence electrons. The van der Waals surface area contributed by atoms with Gasteiger partial charge in [0.2, 0.25) is 0 Å². The van der Waals surface area contributed by atoms with Crippen LogP contribution in [0.3, 0.4) is 0 Å². The third-order valence-corrected chi connectivity index (χ3v) is 3.39. The molecule has 1 unspecified atom stereocenters. The summed E-state index contributed by atoms with van der Waals surface area (Å²) in [6, 6.07) is 1.90. The summed E-state index contributed by atoms with van der Waals surface area (Å²) in [4.78, 5) is 13.5. The number of amides is 1. The number of hydrogen-bond acceptors (Lipinski definition) is 3. The molecule has 1 heterocycles. The summed E-state index contributed by atoms with van der Waals surface area (Å²) < 4.78 is 0. The summed E-state index contributed by atoms with van der Waals surface area (Å²) in [5.41, 5.74) is 1.15. The Hall–Kier alpha value is -0.870. The van der Waals surface area contributed by atoms with Gasteiger partial charge in [0.15, 0.2) is 0 Å². The van der Waals surface area contributed by atoms with Gasteiger partial charge in [0.1, 0.15) is 0 Å². The first-order valence-electron chi connectivity index (χ1n) is 5.04. The van der Waals surface area contributed by atoms with Crippen molar-refractivity contribution >= 4 is 17.2 Å². The third-order valence-electron chi connectivity index (χ3n) is 2.24. The molecule has 1 atom stereocenters. The lowest BCUT2D eigenvalue weighted by atomic mass is 10.2. The lowest BCUT2D eigenvalue weighted by Crippen LogP contribution is -2.25. The Morgan fingerprint density at radius 1 is 1.60 bits per heavy atom. The number of carbonyl (C=O) groups is 1. The maximum atomic E-state index is 11.6. The average molecular weight is 227 g/mol. The third kappa shape index (κ3) is 3.64. The molecule has 2 N–H and O–H groups in total. The van der Waals surface area contributed by atoms with Gasteiger partial charge in [-0.05, 0) is 38.8 Å². The van der Waals surface area contributed by atoms with Crippen LogP contribution < -0.4 is 5.32 Å². The van der Waals surface area contributed by atoms with Crippen LogP contribution in [0.4, 0.5) is 0 Å². The fraction of sp³-hybridized carbons (Fsp3) is 0.545. The fourth-order valence-electron chi connectivity index (χ4n) is 1.17. The van der Waals surface area contributed by atoms with Crippen LogP contribution >= 0.6 is 11.3 Å². The van der Waals surface area contributed by atoms with Crippen LogP contribution in [0.15, 0.2) is 6.07 Å². The van der Waals surface area contributed by atoms with Crippen LogP contribution in [0.2, 0.25) is 0 Å². The van der Waals surface area contributed by atoms with Gasteiger partial charge in [-0.1, -0.05) is 0 Å². The summed E-state index contributed by atoms with van der Waals surface area (Å²) in [6.45, 7) is 6.24. The minimum absolute atomic E-state index is 0.0446. The standard InChI is InChI=1S/C11H17NO2S/c1-7-6-10(15-9(7)3)11(14)12-5-4-8(2)13/h6,8,13H,4-5H2,1-3H3,(H,12,14). The van der Waals surface area contributed by atoms with Crippen molar-refractivity contribution in [2.45, 2.75) is 33.3 Å². The Morgan fingerprint density at radius 3 is 2.73 bits per heavy atom. The van der Waals surface area contributed by atoms with Gasteiger partial charge in [-0.25, -0.2) is 0 Å². The molecular weight excluding hydrogens is 210 g/mol. The number of thiophene rings is 1. The first kappa shape index (κ1) is 12.2. The van der Waals surface area contributed by atoms with Gasteiger partial charge >= 0.3 is 0 Å². The number of nitrogens with one attached hydrogen (secondary N) is 1. The molecule has 0 fully saturated rings. The second-order valence-electron chi connectivity index (χ2n) is 3.74. The van der Waals surface area contributed by atoms with E-state index in [1.165, 1.54) is 16.2 Å². The van der Waals surface area contributed by atoms with Crippen molar-refractivity contribution in [3.8, 4) is 0 Å². The normalized spacial score (nSPS) is 12.5. The molecule has 0 saturated carbocycles. The predicted molar refractivity (Wildman–Crippen MR) is 62.4 cm³/mol. The smallest absolute Gasteiger partial charge is 0.261 e. The van der Waals surface area contributed by atoms with E-state index in [2.05, 4.69) is 5.32 Å². The minimum atomic E-state index is -0.364. The maximum Gasteiger partial charge on any atom is 0.261 e. The van der Waals surface area contributed by atoms with Crippen LogP contribution in [0.1, 0.15) is 33.5 Å². The largest absolute Gasteiger partial charge is 0.393 e. The molecule has 0 bridgehead atoms. The van der Waals surface area contributed by atoms with Crippen molar-refractivity contribution in [3.05, 3.63) is 21.4 Å². The van der Waals surface area contributed by atoms with Crippen molar-refractivity contribution in [1.29, 1.82) is 0 Å². The van der Waals surface area contributed by atoms with Crippen LogP contribution in [-0.4, -0.2) is 23.7 Å². The van der Waals surface area contributed by atoms with Gasteiger partial charge in [0, 0.05) is 11.4 Å². The van der Waals surface area contributed by atoms with Gasteiger partial charge < -0.3 is 10.4 Å². The molecular formula is C11H17NO2S. The molecule has 0 aliphatic rings. The minimum Gasteiger partial charge on any atom is -0.393 e. The Bertz CT molecular complexity index is 325. The molecule has 0 spiro atoms. The lowest BCUT2D eigenvalue weighted by Gasteiger charge is -2.04. The molecule has 0 aromatic carbocycles. The van der Waals surface area contributed by atoms with Crippen LogP contribution in [0.25, 0.3) is 0 Å². The number of aliphatic hydroxyl groups excluding tert-OH is 1. The number of aryl methyl sites for hydroxylation is 2. The van der Waals surface area contributed by atoms with E-state index >= 15 is 0 Å². The van der Waals surface area contributed by atoms with E-state index in [1.807, 2.05) is 19.9 Å². The highest BCUT2D eigenvalue weighted by molar-refractivity contribution is 7.14. The van der Waals surface area contributed by atoms with Crippen molar-refractivity contribution in [3.63, 3.8) is 0 Å². The van der Waals surface area contributed by atoms with Crippen LogP contribution in [0.5, 0.6) is 0 Å². The fourth-order valence-corrected chi connectivity index (χ4v) is 2.12. The van der Waals surface area contributed by atoms with Gasteiger partial charge in [0.25, 0.3) is 5.91 Å². The zero-order valence-electron chi connectivity index (χ0n) is 9.33. The number of rotatable bonds is 4. The monoisotopic (exact) mass is 227 g/mol. The molecule has 15 heavy (non-hydrogen) atoms. The topological polar surface area (TPSA) is 49.3 Å². The Labute approximate surface area is 94.1 Å². The quantitative estimate of drug-likeness (QED) is 0.825. The Morgan fingerprint density at radius 2 is 2.27 bits per heavy atom. The zero-order valence-corrected chi connectivity index (χ0v) is 10.1. The average Bonchev–Trinajstić information content (AvgIpc) is 2.46. The summed E-state index contributed by atoms with van der Waals surface area (Å²) >= 11 is 1.51. The Kier molecular flexibility index (Phi) is 4.29. The van der Waals surface area contributed by atoms with Gasteiger partial charge in [-0.15, -0.1) is 11.3 Å². The highest BCUT2D eigenvalue weighted by atomic mass is 32.1. The first-order chi connectivity index (χ1) is 7.00. The second kappa shape index (κ2) is 5.28. The SMILES string of the molecule is Cc1cc(C(=O)NCCC(C)O)sc1C. The summed E-state index contributed by atoms with van der Waals surface area (Å²) in [7, 11) is 0. The molecule has 1 aromatic heterocycles. The summed E-state index contributed by atoms with van der Waals surface area (Å²) in [5, 5.41) is 11.8.